The van der Waals surface area contributed by atoms with Crippen molar-refractivity contribution < 1.29 is 20.1 Å². The number of aryl methyl sites for hydroxylation is 2. The van der Waals surface area contributed by atoms with Gasteiger partial charge in [0.2, 0.25) is 0 Å². The van der Waals surface area contributed by atoms with Gasteiger partial charge in [-0.15, -0.1) is 0 Å². The first-order valence-corrected chi connectivity index (χ1v) is 10.8. The number of aromatic hydroxyl groups is 2. The molecular weight excluding hydrogens is 448 g/mol. The molecule has 2 N–H and O–H groups in total. The van der Waals surface area contributed by atoms with Gasteiger partial charge in [-0.1, -0.05) is 60.7 Å². The lowest BCUT2D eigenvalue weighted by Crippen LogP contribution is -2.29. The molecule has 0 aromatic heterocycles. The number of hydrogen-bond acceptors (Lipinski definition) is 6. The molecule has 0 bridgehead atoms. The smallest absolute Gasteiger partial charge is 0.311 e. The van der Waals surface area contributed by atoms with Gasteiger partial charge in [-0.2, -0.15) is 0 Å². The van der Waals surface area contributed by atoms with Crippen molar-refractivity contribution in [1.82, 2.24) is 0 Å². The summed E-state index contributed by atoms with van der Waals surface area (Å²) >= 11 is 0. The lowest BCUT2D eigenvalue weighted by molar-refractivity contribution is -0.386. The van der Waals surface area contributed by atoms with E-state index in [1.54, 1.807) is 26.0 Å². The number of phenolic OH excluding ortho intramolecular Hbond substituents is 2. The van der Waals surface area contributed by atoms with Crippen LogP contribution in [0.15, 0.2) is 72.8 Å². The molecule has 1 aliphatic carbocycles. The number of nitro groups is 2. The molecule has 0 radical (unpaired) electrons. The fourth-order valence-electron chi connectivity index (χ4n) is 5.26. The second-order valence-corrected chi connectivity index (χ2v) is 8.68. The fraction of sp³-hybridized carbons (Fsp3) is 0.111. The van der Waals surface area contributed by atoms with E-state index >= 15 is 0 Å². The molecule has 0 heterocycles. The van der Waals surface area contributed by atoms with Gasteiger partial charge >= 0.3 is 11.4 Å². The second kappa shape index (κ2) is 7.66. The molecule has 174 valence electrons. The topological polar surface area (TPSA) is 127 Å². The zero-order chi connectivity index (χ0) is 25.1. The largest absolute Gasteiger partial charge is 0.502 e. The average Bonchev–Trinajstić information content (AvgIpc) is 3.13. The summed E-state index contributed by atoms with van der Waals surface area (Å²) in [7, 11) is 0. The monoisotopic (exact) mass is 468 g/mol. The van der Waals surface area contributed by atoms with E-state index in [1.165, 1.54) is 12.1 Å². The van der Waals surface area contributed by atoms with Crippen LogP contribution in [0, 0.1) is 34.1 Å². The van der Waals surface area contributed by atoms with Gasteiger partial charge < -0.3 is 10.2 Å². The Labute approximate surface area is 200 Å². The molecule has 0 saturated heterocycles. The highest BCUT2D eigenvalue weighted by Gasteiger charge is 2.48. The molecule has 5 rings (SSSR count). The zero-order valence-corrected chi connectivity index (χ0v) is 18.9. The van der Waals surface area contributed by atoms with Crippen molar-refractivity contribution in [3.63, 3.8) is 0 Å². The number of benzene rings is 4. The molecule has 0 spiro atoms. The van der Waals surface area contributed by atoms with Crippen LogP contribution in [0.2, 0.25) is 0 Å². The van der Waals surface area contributed by atoms with Crippen molar-refractivity contribution in [3.05, 3.63) is 126 Å². The van der Waals surface area contributed by atoms with Gasteiger partial charge in [0, 0.05) is 12.1 Å². The summed E-state index contributed by atoms with van der Waals surface area (Å²) in [5.74, 6) is -0.859. The molecule has 4 aromatic carbocycles. The Kier molecular flexibility index (Phi) is 4.84. The third-order valence-electron chi connectivity index (χ3n) is 6.77. The first-order valence-electron chi connectivity index (χ1n) is 10.8. The minimum atomic E-state index is -1.17. The summed E-state index contributed by atoms with van der Waals surface area (Å²) in [6.45, 7) is 3.16. The van der Waals surface area contributed by atoms with E-state index in [0.29, 0.717) is 22.3 Å². The third-order valence-corrected chi connectivity index (χ3v) is 6.77. The maximum absolute atomic E-state index is 11.8. The first-order chi connectivity index (χ1) is 16.7. The van der Waals surface area contributed by atoms with Crippen LogP contribution in [-0.4, -0.2) is 20.1 Å². The molecule has 0 saturated carbocycles. The Bertz CT molecular complexity index is 1440. The Morgan fingerprint density at radius 2 is 1.03 bits per heavy atom. The van der Waals surface area contributed by atoms with E-state index < -0.39 is 38.1 Å². The van der Waals surface area contributed by atoms with Crippen LogP contribution in [0.3, 0.4) is 0 Å². The lowest BCUT2D eigenvalue weighted by Gasteiger charge is -2.34. The van der Waals surface area contributed by atoms with E-state index in [-0.39, 0.29) is 0 Å². The van der Waals surface area contributed by atoms with Gasteiger partial charge in [-0.25, -0.2) is 0 Å². The molecule has 0 fully saturated rings. The summed E-state index contributed by atoms with van der Waals surface area (Å²) in [5, 5.41) is 44.5. The highest BCUT2D eigenvalue weighted by Crippen LogP contribution is 2.57. The molecule has 1 aliphatic rings. The van der Waals surface area contributed by atoms with E-state index in [0.717, 1.165) is 22.3 Å². The van der Waals surface area contributed by atoms with E-state index in [9.17, 15) is 30.4 Å². The van der Waals surface area contributed by atoms with Gasteiger partial charge in [-0.3, -0.25) is 20.2 Å². The highest BCUT2D eigenvalue weighted by atomic mass is 16.6. The van der Waals surface area contributed by atoms with E-state index in [1.807, 2.05) is 48.5 Å². The van der Waals surface area contributed by atoms with Gasteiger partial charge in [0.1, 0.15) is 0 Å². The number of phenols is 2. The first kappa shape index (κ1) is 22.1. The molecule has 4 aromatic rings. The molecule has 8 heteroatoms. The molecule has 35 heavy (non-hydrogen) atoms. The van der Waals surface area contributed by atoms with Crippen LogP contribution in [0.4, 0.5) is 11.4 Å². The Hall–Kier alpha value is -4.72. The summed E-state index contributed by atoms with van der Waals surface area (Å²) in [6, 6.07) is 21.2. The van der Waals surface area contributed by atoms with Crippen LogP contribution >= 0.6 is 0 Å². The predicted molar refractivity (Wildman–Crippen MR) is 130 cm³/mol. The standard InChI is InChI=1S/C27H20N2O6/c1-15-11-17(13-23(25(15)30)28(32)33)27(18-12-16(2)26(31)24(14-18)29(34)35)21-9-5-3-7-19(21)20-8-4-6-10-22(20)27/h3-14,30-31H,1-2H3. The third kappa shape index (κ3) is 3.00. The Balaban J connectivity index is 2.02. The fourth-order valence-corrected chi connectivity index (χ4v) is 5.26. The molecule has 0 atom stereocenters. The summed E-state index contributed by atoms with van der Waals surface area (Å²) < 4.78 is 0. The maximum Gasteiger partial charge on any atom is 0.311 e. The number of nitro benzene ring substituents is 2. The van der Waals surface area contributed by atoms with Crippen LogP contribution in [0.25, 0.3) is 11.1 Å². The van der Waals surface area contributed by atoms with E-state index in [2.05, 4.69) is 0 Å². The average molecular weight is 468 g/mol. The van der Waals surface area contributed by atoms with Gasteiger partial charge in [0.05, 0.1) is 15.3 Å². The van der Waals surface area contributed by atoms with Crippen molar-refractivity contribution in [3.8, 4) is 22.6 Å². The zero-order valence-electron chi connectivity index (χ0n) is 18.9. The SMILES string of the molecule is Cc1cc(C2(c3cc(C)c(O)c([N+](=O)[O-])c3)c3ccccc3-c3ccccc32)cc([N+](=O)[O-])c1O. The lowest BCUT2D eigenvalue weighted by atomic mass is 9.67. The predicted octanol–water partition coefficient (Wildman–Crippen LogP) is 5.89. The summed E-state index contributed by atoms with van der Waals surface area (Å²) in [5.41, 5.74) is 2.88. The minimum Gasteiger partial charge on any atom is -0.502 e. The van der Waals surface area contributed by atoms with Gasteiger partial charge in [0.25, 0.3) is 0 Å². The van der Waals surface area contributed by atoms with Crippen molar-refractivity contribution in [2.75, 3.05) is 0 Å². The van der Waals surface area contributed by atoms with Gasteiger partial charge in [0.15, 0.2) is 11.5 Å². The van der Waals surface area contributed by atoms with Crippen molar-refractivity contribution in [2.45, 2.75) is 19.3 Å². The quantitative estimate of drug-likeness (QED) is 0.250. The van der Waals surface area contributed by atoms with E-state index in [4.69, 9.17) is 0 Å². The second-order valence-electron chi connectivity index (χ2n) is 8.68. The maximum atomic E-state index is 11.8. The molecule has 8 nitrogen and oxygen atoms in total. The van der Waals surface area contributed by atoms with Crippen LogP contribution in [0.1, 0.15) is 33.4 Å². The van der Waals surface area contributed by atoms with Crippen LogP contribution in [0.5, 0.6) is 11.5 Å². The van der Waals surface area contributed by atoms with Crippen molar-refractivity contribution >= 4 is 11.4 Å². The van der Waals surface area contributed by atoms with Crippen molar-refractivity contribution in [1.29, 1.82) is 0 Å². The molecule has 0 unspecified atom stereocenters. The molecule has 0 aliphatic heterocycles. The molecule has 0 amide bonds. The molecular formula is C27H20N2O6. The number of rotatable bonds is 4. The number of nitrogens with zero attached hydrogens (tertiary/aromatic N) is 2. The highest BCUT2D eigenvalue weighted by molar-refractivity contribution is 5.87. The summed E-state index contributed by atoms with van der Waals surface area (Å²) in [4.78, 5) is 22.4. The van der Waals surface area contributed by atoms with Crippen LogP contribution in [-0.2, 0) is 5.41 Å². The number of hydrogen-bond donors (Lipinski definition) is 2. The normalized spacial score (nSPS) is 13.2. The Morgan fingerprint density at radius 1 is 0.657 bits per heavy atom. The minimum absolute atomic E-state index is 0.306. The summed E-state index contributed by atoms with van der Waals surface area (Å²) in [6.07, 6.45) is 0. The number of fused-ring (bicyclic) bond motifs is 3. The van der Waals surface area contributed by atoms with Crippen molar-refractivity contribution in [2.24, 2.45) is 0 Å². The van der Waals surface area contributed by atoms with Crippen LogP contribution < -0.4 is 0 Å². The van der Waals surface area contributed by atoms with Gasteiger partial charge in [-0.05, 0) is 58.4 Å². The Morgan fingerprint density at radius 3 is 1.40 bits per heavy atom.